The number of hydrogen-bond acceptors (Lipinski definition) is 5. The summed E-state index contributed by atoms with van der Waals surface area (Å²) in [5.41, 5.74) is 1.61. The summed E-state index contributed by atoms with van der Waals surface area (Å²) in [6.45, 7) is 7.09. The SMILES string of the molecule is CCC(=O)c1ccc(OCC(=O)NC(c2ccc3c(c2)OCCCO3)C(C)C)cc1. The largest absolute Gasteiger partial charge is 0.490 e. The summed E-state index contributed by atoms with van der Waals surface area (Å²) in [6.07, 6.45) is 1.30. The summed E-state index contributed by atoms with van der Waals surface area (Å²) in [5, 5.41) is 3.05. The molecule has 2 aromatic carbocycles. The van der Waals surface area contributed by atoms with Crippen LogP contribution in [0.4, 0.5) is 0 Å². The molecule has 1 heterocycles. The normalized spacial score (nSPS) is 14.0. The highest BCUT2D eigenvalue weighted by Crippen LogP contribution is 2.34. The Morgan fingerprint density at radius 3 is 2.40 bits per heavy atom. The molecule has 160 valence electrons. The number of hydrogen-bond donors (Lipinski definition) is 1. The van der Waals surface area contributed by atoms with E-state index in [1.165, 1.54) is 0 Å². The van der Waals surface area contributed by atoms with Gasteiger partial charge in [0.1, 0.15) is 5.75 Å². The van der Waals surface area contributed by atoms with Crippen molar-refractivity contribution in [2.24, 2.45) is 5.92 Å². The Labute approximate surface area is 177 Å². The molecule has 6 nitrogen and oxygen atoms in total. The van der Waals surface area contributed by atoms with E-state index in [1.807, 2.05) is 25.1 Å². The monoisotopic (exact) mass is 411 g/mol. The van der Waals surface area contributed by atoms with Gasteiger partial charge in [-0.15, -0.1) is 0 Å². The number of fused-ring (bicyclic) bond motifs is 1. The lowest BCUT2D eigenvalue weighted by Crippen LogP contribution is -2.35. The molecule has 1 amide bonds. The van der Waals surface area contributed by atoms with Gasteiger partial charge in [-0.2, -0.15) is 0 Å². The Kier molecular flexibility index (Phi) is 7.33. The molecule has 0 aliphatic carbocycles. The molecular formula is C24H29NO5. The average Bonchev–Trinajstić information content (AvgIpc) is 3.00. The van der Waals surface area contributed by atoms with Crippen LogP contribution in [-0.2, 0) is 4.79 Å². The first-order valence-corrected chi connectivity index (χ1v) is 10.4. The molecule has 1 aliphatic rings. The van der Waals surface area contributed by atoms with Crippen LogP contribution in [0, 0.1) is 5.92 Å². The van der Waals surface area contributed by atoms with Crippen molar-refractivity contribution in [3.8, 4) is 17.2 Å². The standard InChI is InChI=1S/C24H29NO5/c1-4-20(26)17-6-9-19(10-7-17)30-15-23(27)25-24(16(2)3)18-8-11-21-22(14-18)29-13-5-12-28-21/h6-11,14,16,24H,4-5,12-13,15H2,1-3H3,(H,25,27). The summed E-state index contributed by atoms with van der Waals surface area (Å²) in [5.74, 6) is 2.04. The fraction of sp³-hybridized carbons (Fsp3) is 0.417. The quantitative estimate of drug-likeness (QED) is 0.655. The van der Waals surface area contributed by atoms with Crippen molar-refractivity contribution >= 4 is 11.7 Å². The average molecular weight is 411 g/mol. The Morgan fingerprint density at radius 1 is 1.03 bits per heavy atom. The zero-order chi connectivity index (χ0) is 21.5. The van der Waals surface area contributed by atoms with Crippen LogP contribution in [-0.4, -0.2) is 31.5 Å². The molecular weight excluding hydrogens is 382 g/mol. The Balaban J connectivity index is 1.62. The first-order chi connectivity index (χ1) is 14.5. The molecule has 0 saturated carbocycles. The van der Waals surface area contributed by atoms with Crippen molar-refractivity contribution in [3.05, 3.63) is 53.6 Å². The number of carbonyl (C=O) groups is 2. The second-order valence-electron chi connectivity index (χ2n) is 7.64. The third-order valence-corrected chi connectivity index (χ3v) is 4.98. The summed E-state index contributed by atoms with van der Waals surface area (Å²) in [6, 6.07) is 12.5. The van der Waals surface area contributed by atoms with Crippen LogP contribution in [0.5, 0.6) is 17.2 Å². The number of nitrogens with one attached hydrogen (secondary N) is 1. The fourth-order valence-corrected chi connectivity index (χ4v) is 3.31. The second-order valence-corrected chi connectivity index (χ2v) is 7.64. The first-order valence-electron chi connectivity index (χ1n) is 10.4. The van der Waals surface area contributed by atoms with Crippen LogP contribution in [0.25, 0.3) is 0 Å². The molecule has 0 aromatic heterocycles. The van der Waals surface area contributed by atoms with Gasteiger partial charge in [-0.05, 0) is 47.9 Å². The lowest BCUT2D eigenvalue weighted by molar-refractivity contribution is -0.124. The third-order valence-electron chi connectivity index (χ3n) is 4.98. The maximum Gasteiger partial charge on any atom is 0.258 e. The van der Waals surface area contributed by atoms with Gasteiger partial charge in [0.25, 0.3) is 5.91 Å². The van der Waals surface area contributed by atoms with Crippen molar-refractivity contribution in [1.82, 2.24) is 5.32 Å². The molecule has 1 aliphatic heterocycles. The second kappa shape index (κ2) is 10.1. The van der Waals surface area contributed by atoms with Gasteiger partial charge in [0.2, 0.25) is 0 Å². The van der Waals surface area contributed by atoms with Crippen molar-refractivity contribution in [2.45, 2.75) is 39.7 Å². The van der Waals surface area contributed by atoms with E-state index in [0.717, 1.165) is 17.7 Å². The molecule has 1 atom stereocenters. The minimum atomic E-state index is -0.213. The van der Waals surface area contributed by atoms with Gasteiger partial charge in [0.15, 0.2) is 23.9 Å². The van der Waals surface area contributed by atoms with Gasteiger partial charge in [-0.3, -0.25) is 9.59 Å². The molecule has 0 radical (unpaired) electrons. The minimum absolute atomic E-state index is 0.0780. The Morgan fingerprint density at radius 2 is 1.73 bits per heavy atom. The summed E-state index contributed by atoms with van der Waals surface area (Å²) in [7, 11) is 0. The van der Waals surface area contributed by atoms with Crippen molar-refractivity contribution in [3.63, 3.8) is 0 Å². The van der Waals surface area contributed by atoms with Crippen LogP contribution >= 0.6 is 0 Å². The highest BCUT2D eigenvalue weighted by Gasteiger charge is 2.21. The maximum atomic E-state index is 12.5. The van der Waals surface area contributed by atoms with Crippen molar-refractivity contribution < 1.29 is 23.8 Å². The number of benzene rings is 2. The van der Waals surface area contributed by atoms with Crippen LogP contribution in [0.15, 0.2) is 42.5 Å². The Bertz CT molecular complexity index is 876. The molecule has 0 spiro atoms. The molecule has 30 heavy (non-hydrogen) atoms. The van der Waals surface area contributed by atoms with Gasteiger partial charge in [0.05, 0.1) is 19.3 Å². The van der Waals surface area contributed by atoms with E-state index in [9.17, 15) is 9.59 Å². The lowest BCUT2D eigenvalue weighted by Gasteiger charge is -2.24. The Hall–Kier alpha value is -3.02. The van der Waals surface area contributed by atoms with E-state index in [4.69, 9.17) is 14.2 Å². The predicted molar refractivity (Wildman–Crippen MR) is 114 cm³/mol. The van der Waals surface area contributed by atoms with E-state index >= 15 is 0 Å². The number of ether oxygens (including phenoxy) is 3. The van der Waals surface area contributed by atoms with E-state index in [0.29, 0.717) is 36.7 Å². The van der Waals surface area contributed by atoms with E-state index < -0.39 is 0 Å². The third kappa shape index (κ3) is 5.53. The van der Waals surface area contributed by atoms with Gasteiger partial charge in [-0.1, -0.05) is 26.8 Å². The highest BCUT2D eigenvalue weighted by molar-refractivity contribution is 5.95. The molecule has 1 unspecified atom stereocenters. The van der Waals surface area contributed by atoms with Gasteiger partial charge in [-0.25, -0.2) is 0 Å². The summed E-state index contributed by atoms with van der Waals surface area (Å²) in [4.78, 5) is 24.2. The topological polar surface area (TPSA) is 73.9 Å². The van der Waals surface area contributed by atoms with Crippen LogP contribution in [0.3, 0.4) is 0 Å². The van der Waals surface area contributed by atoms with Crippen LogP contribution in [0.2, 0.25) is 0 Å². The lowest BCUT2D eigenvalue weighted by atomic mass is 9.95. The number of Topliss-reactive ketones (excluding diaryl/α,β-unsaturated/α-hetero) is 1. The molecule has 0 fully saturated rings. The number of amides is 1. The van der Waals surface area contributed by atoms with E-state index in [-0.39, 0.29) is 30.3 Å². The number of rotatable bonds is 8. The van der Waals surface area contributed by atoms with Crippen molar-refractivity contribution in [1.29, 1.82) is 0 Å². The predicted octanol–water partition coefficient (Wildman–Crippen LogP) is 4.33. The number of carbonyl (C=O) groups excluding carboxylic acids is 2. The van der Waals surface area contributed by atoms with Crippen LogP contribution in [0.1, 0.15) is 55.6 Å². The van der Waals surface area contributed by atoms with Gasteiger partial charge >= 0.3 is 0 Å². The molecule has 1 N–H and O–H groups in total. The molecule has 0 saturated heterocycles. The van der Waals surface area contributed by atoms with E-state index in [1.54, 1.807) is 24.3 Å². The zero-order valence-corrected chi connectivity index (χ0v) is 17.8. The summed E-state index contributed by atoms with van der Waals surface area (Å²) >= 11 is 0. The minimum Gasteiger partial charge on any atom is -0.490 e. The molecule has 3 rings (SSSR count). The van der Waals surface area contributed by atoms with Gasteiger partial charge in [0, 0.05) is 18.4 Å². The smallest absolute Gasteiger partial charge is 0.258 e. The maximum absolute atomic E-state index is 12.5. The number of ketones is 1. The molecule has 0 bridgehead atoms. The highest BCUT2D eigenvalue weighted by atomic mass is 16.5. The van der Waals surface area contributed by atoms with Gasteiger partial charge < -0.3 is 19.5 Å². The molecule has 6 heteroatoms. The first kappa shape index (κ1) is 21.7. The fourth-order valence-electron chi connectivity index (χ4n) is 3.31. The van der Waals surface area contributed by atoms with E-state index in [2.05, 4.69) is 19.2 Å². The zero-order valence-electron chi connectivity index (χ0n) is 17.8. The molecule has 2 aromatic rings. The summed E-state index contributed by atoms with van der Waals surface area (Å²) < 4.78 is 17.1. The van der Waals surface area contributed by atoms with Crippen LogP contribution < -0.4 is 19.5 Å². The van der Waals surface area contributed by atoms with Crippen molar-refractivity contribution in [2.75, 3.05) is 19.8 Å².